The van der Waals surface area contributed by atoms with Gasteiger partial charge in [0, 0.05) is 38.7 Å². The van der Waals surface area contributed by atoms with E-state index < -0.39 is 22.2 Å². The van der Waals surface area contributed by atoms with Crippen molar-refractivity contribution in [2.45, 2.75) is 63.1 Å². The van der Waals surface area contributed by atoms with Gasteiger partial charge in [0.1, 0.15) is 6.10 Å². The van der Waals surface area contributed by atoms with Gasteiger partial charge in [-0.3, -0.25) is 9.59 Å². The molecule has 2 aromatic rings. The van der Waals surface area contributed by atoms with Gasteiger partial charge in [0.05, 0.1) is 36.8 Å². The number of para-hydroxylation sites is 1. The Balaban J connectivity index is 1.69. The van der Waals surface area contributed by atoms with Crippen LogP contribution in [0.25, 0.3) is 0 Å². The molecule has 1 aromatic carbocycles. The van der Waals surface area contributed by atoms with Crippen molar-refractivity contribution in [2.75, 3.05) is 32.1 Å². The first-order valence-corrected chi connectivity index (χ1v) is 14.9. The van der Waals surface area contributed by atoms with Gasteiger partial charge in [-0.05, 0) is 31.9 Å². The van der Waals surface area contributed by atoms with E-state index in [2.05, 4.69) is 10.3 Å². The Morgan fingerprint density at radius 1 is 1.28 bits per heavy atom. The van der Waals surface area contributed by atoms with Crippen LogP contribution >= 0.6 is 0 Å². The predicted molar refractivity (Wildman–Crippen MR) is 146 cm³/mol. The van der Waals surface area contributed by atoms with Crippen LogP contribution in [0, 0.1) is 11.8 Å². The fourth-order valence-electron chi connectivity index (χ4n) is 5.19. The smallest absolute Gasteiger partial charge is 0.261 e. The molecule has 2 heterocycles. The fourth-order valence-corrected chi connectivity index (χ4v) is 6.33. The van der Waals surface area contributed by atoms with Gasteiger partial charge >= 0.3 is 0 Å². The summed E-state index contributed by atoms with van der Waals surface area (Å²) in [5, 5.41) is 12.8. The number of aromatic nitrogens is 2. The molecule has 0 bridgehead atoms. The van der Waals surface area contributed by atoms with Crippen LogP contribution < -0.4 is 10.1 Å². The first kappa shape index (κ1) is 29.0. The van der Waals surface area contributed by atoms with Crippen molar-refractivity contribution in [1.29, 1.82) is 0 Å². The molecule has 1 aromatic heterocycles. The Bertz CT molecular complexity index is 1290. The summed E-state index contributed by atoms with van der Waals surface area (Å²) >= 11 is 0. The summed E-state index contributed by atoms with van der Waals surface area (Å²) in [6.07, 6.45) is 6.96. The first-order chi connectivity index (χ1) is 18.5. The highest BCUT2D eigenvalue weighted by atomic mass is 32.2. The molecule has 3 atom stereocenters. The number of nitrogens with zero attached hydrogens (tertiary/aromatic N) is 4. The molecule has 0 spiro atoms. The molecule has 1 fully saturated rings. The zero-order chi connectivity index (χ0) is 28.3. The van der Waals surface area contributed by atoms with Crippen LogP contribution in [0.2, 0.25) is 0 Å². The van der Waals surface area contributed by atoms with E-state index in [1.54, 1.807) is 41.6 Å². The van der Waals surface area contributed by atoms with E-state index in [4.69, 9.17) is 4.74 Å². The minimum absolute atomic E-state index is 0.0139. The van der Waals surface area contributed by atoms with E-state index in [9.17, 15) is 23.1 Å². The number of aliphatic hydroxyl groups is 1. The van der Waals surface area contributed by atoms with Gasteiger partial charge in [-0.1, -0.05) is 32.3 Å². The average molecular weight is 562 g/mol. The van der Waals surface area contributed by atoms with Crippen LogP contribution in [-0.4, -0.2) is 83.0 Å². The number of aryl methyl sites for hydroxylation is 1. The highest BCUT2D eigenvalue weighted by molar-refractivity contribution is 7.89. The van der Waals surface area contributed by atoms with Crippen LogP contribution in [0.4, 0.5) is 5.69 Å². The number of carbonyl (C=O) groups excluding carboxylic acids is 2. The molecular formula is C27H39N5O6S. The van der Waals surface area contributed by atoms with E-state index >= 15 is 0 Å². The van der Waals surface area contributed by atoms with Crippen LogP contribution in [0.3, 0.4) is 0 Å². The molecule has 0 unspecified atom stereocenters. The Hall–Kier alpha value is -2.96. The lowest BCUT2D eigenvalue weighted by molar-refractivity contribution is -0.120. The third-order valence-electron chi connectivity index (χ3n) is 7.72. The van der Waals surface area contributed by atoms with Gasteiger partial charge in [0.15, 0.2) is 10.8 Å². The number of carbonyl (C=O) groups is 2. The number of sulfonamides is 1. The van der Waals surface area contributed by atoms with Crippen molar-refractivity contribution in [3.63, 3.8) is 0 Å². The van der Waals surface area contributed by atoms with E-state index in [1.165, 1.54) is 23.9 Å². The molecule has 39 heavy (non-hydrogen) atoms. The minimum atomic E-state index is -3.90. The molecule has 2 N–H and O–H groups in total. The molecule has 0 saturated heterocycles. The number of imidazole rings is 1. The van der Waals surface area contributed by atoms with Crippen LogP contribution in [0.5, 0.6) is 5.75 Å². The molecule has 12 heteroatoms. The van der Waals surface area contributed by atoms with Gasteiger partial charge < -0.3 is 24.6 Å². The van der Waals surface area contributed by atoms with Crippen molar-refractivity contribution in [1.82, 2.24) is 18.8 Å². The second-order valence-electron chi connectivity index (χ2n) is 10.8. The number of hydrogen-bond acceptors (Lipinski definition) is 7. The number of fused-ring (bicyclic) bond motifs is 1. The van der Waals surface area contributed by atoms with E-state index in [0.717, 1.165) is 32.1 Å². The highest BCUT2D eigenvalue weighted by Crippen LogP contribution is 2.36. The number of benzene rings is 1. The molecular weight excluding hydrogens is 522 g/mol. The van der Waals surface area contributed by atoms with Crippen LogP contribution in [0.15, 0.2) is 35.7 Å². The molecule has 1 aliphatic carbocycles. The van der Waals surface area contributed by atoms with Crippen molar-refractivity contribution in [2.24, 2.45) is 18.9 Å². The van der Waals surface area contributed by atoms with Crippen LogP contribution in [-0.2, 0) is 21.9 Å². The Morgan fingerprint density at radius 2 is 2.00 bits per heavy atom. The molecule has 1 aliphatic heterocycles. The molecule has 214 valence electrons. The number of amides is 2. The number of aliphatic hydroxyl groups excluding tert-OH is 1. The summed E-state index contributed by atoms with van der Waals surface area (Å²) in [7, 11) is -0.735. The highest BCUT2D eigenvalue weighted by Gasteiger charge is 2.37. The topological polar surface area (TPSA) is 134 Å². The minimum Gasteiger partial charge on any atom is -0.486 e. The number of hydrogen-bond donors (Lipinski definition) is 2. The summed E-state index contributed by atoms with van der Waals surface area (Å²) in [6.45, 7) is 3.64. The summed E-state index contributed by atoms with van der Waals surface area (Å²) < 4.78 is 35.7. The first-order valence-electron chi connectivity index (χ1n) is 13.5. The SMILES string of the molecule is C[C@@H]1CN([C@H](C)CO)C(=O)c2cccc(NC(=O)C3CCCCC3)c2O[C@@H]1CN(C)S(=O)(=O)c1cn(C)cn1. The average Bonchev–Trinajstić information content (AvgIpc) is 3.38. The van der Waals surface area contributed by atoms with Crippen molar-refractivity contribution >= 4 is 27.5 Å². The normalized spacial score (nSPS) is 21.6. The monoisotopic (exact) mass is 561 g/mol. The van der Waals surface area contributed by atoms with Crippen LogP contribution in [0.1, 0.15) is 56.3 Å². The van der Waals surface area contributed by atoms with Gasteiger partial charge in [-0.15, -0.1) is 0 Å². The van der Waals surface area contributed by atoms with Gasteiger partial charge in [0.25, 0.3) is 15.9 Å². The molecule has 2 amide bonds. The maximum Gasteiger partial charge on any atom is 0.261 e. The third-order valence-corrected chi connectivity index (χ3v) is 9.43. The lowest BCUT2D eigenvalue weighted by atomic mass is 9.88. The van der Waals surface area contributed by atoms with Crippen molar-refractivity contribution in [3.05, 3.63) is 36.3 Å². The molecule has 1 saturated carbocycles. The Morgan fingerprint density at radius 3 is 2.64 bits per heavy atom. The number of nitrogens with one attached hydrogen (secondary N) is 1. The van der Waals surface area contributed by atoms with Crippen molar-refractivity contribution < 1.29 is 27.9 Å². The van der Waals surface area contributed by atoms with E-state index in [1.807, 2.05) is 6.92 Å². The largest absolute Gasteiger partial charge is 0.486 e. The lowest BCUT2D eigenvalue weighted by Crippen LogP contribution is -2.50. The maximum atomic E-state index is 13.7. The number of rotatable bonds is 8. The molecule has 11 nitrogen and oxygen atoms in total. The summed E-state index contributed by atoms with van der Waals surface area (Å²) in [5.74, 6) is -0.628. The summed E-state index contributed by atoms with van der Waals surface area (Å²) in [5.41, 5.74) is 0.631. The quantitative estimate of drug-likeness (QED) is 0.506. The molecule has 4 rings (SSSR count). The second-order valence-corrected chi connectivity index (χ2v) is 12.8. The lowest BCUT2D eigenvalue weighted by Gasteiger charge is -2.38. The number of likely N-dealkylation sites (N-methyl/N-ethyl adjacent to an activating group) is 1. The number of ether oxygens (including phenoxy) is 1. The standard InChI is InChI=1S/C27H39N5O6S/c1-18-13-32(19(2)16-33)27(35)21-11-8-12-22(29-26(34)20-9-6-5-7-10-20)25(21)38-23(18)14-31(4)39(36,37)24-15-30(3)17-28-24/h8,11-12,15,17-20,23,33H,5-7,9-10,13-14,16H2,1-4H3,(H,29,34)/t18-,19-,23-/m1/s1. The van der Waals surface area contributed by atoms with E-state index in [-0.39, 0.29) is 59.7 Å². The Kier molecular flexibility index (Phi) is 8.97. The maximum absolute atomic E-state index is 13.7. The van der Waals surface area contributed by atoms with Crippen molar-refractivity contribution in [3.8, 4) is 5.75 Å². The van der Waals surface area contributed by atoms with Gasteiger partial charge in [-0.2, -0.15) is 4.31 Å². The fraction of sp³-hybridized carbons (Fsp3) is 0.593. The predicted octanol–water partition coefficient (Wildman–Crippen LogP) is 2.48. The summed E-state index contributed by atoms with van der Waals surface area (Å²) in [6, 6.07) is 4.55. The Labute approximate surface area is 230 Å². The summed E-state index contributed by atoms with van der Waals surface area (Å²) in [4.78, 5) is 32.4. The van der Waals surface area contributed by atoms with Gasteiger partial charge in [-0.25, -0.2) is 13.4 Å². The zero-order valence-electron chi connectivity index (χ0n) is 23.0. The van der Waals surface area contributed by atoms with Gasteiger partial charge in [0.2, 0.25) is 5.91 Å². The second kappa shape index (κ2) is 12.1. The molecule has 0 radical (unpaired) electrons. The molecule has 2 aliphatic rings. The zero-order valence-corrected chi connectivity index (χ0v) is 23.9. The number of anilines is 1. The van der Waals surface area contributed by atoms with E-state index in [0.29, 0.717) is 5.69 Å². The third kappa shape index (κ3) is 6.28.